The lowest BCUT2D eigenvalue weighted by Crippen LogP contribution is -2.33. The first-order valence-electron chi connectivity index (χ1n) is 6.99. The Labute approximate surface area is 117 Å². The molecule has 110 valence electrons. The van der Waals surface area contributed by atoms with E-state index in [1.165, 1.54) is 24.2 Å². The van der Waals surface area contributed by atoms with Gasteiger partial charge in [-0.15, -0.1) is 0 Å². The van der Waals surface area contributed by atoms with E-state index in [0.29, 0.717) is 12.5 Å². The van der Waals surface area contributed by atoms with E-state index in [4.69, 9.17) is 5.73 Å². The Morgan fingerprint density at radius 1 is 1.30 bits per heavy atom. The van der Waals surface area contributed by atoms with E-state index in [0.717, 1.165) is 25.0 Å². The van der Waals surface area contributed by atoms with Crippen LogP contribution in [0.4, 0.5) is 14.5 Å². The molecule has 1 fully saturated rings. The van der Waals surface area contributed by atoms with Crippen LogP contribution in [0, 0.1) is 17.6 Å². The van der Waals surface area contributed by atoms with Gasteiger partial charge in [-0.05, 0) is 30.9 Å². The second-order valence-corrected chi connectivity index (χ2v) is 5.55. The van der Waals surface area contributed by atoms with Gasteiger partial charge in [0.15, 0.2) is 5.82 Å². The summed E-state index contributed by atoms with van der Waals surface area (Å²) in [6, 6.07) is 1.79. The SMILES string of the molecule is CN(CC1CCCCC1)C(=O)c1cc(F)cc(N)c1F. The number of nitrogens with zero attached hydrogens (tertiary/aromatic N) is 1. The Morgan fingerprint density at radius 2 is 1.95 bits per heavy atom. The van der Waals surface area contributed by atoms with E-state index in [1.54, 1.807) is 7.05 Å². The van der Waals surface area contributed by atoms with Crippen molar-refractivity contribution in [2.45, 2.75) is 32.1 Å². The van der Waals surface area contributed by atoms with Crippen LogP contribution < -0.4 is 5.73 Å². The van der Waals surface area contributed by atoms with E-state index in [1.807, 2.05) is 0 Å². The summed E-state index contributed by atoms with van der Waals surface area (Å²) in [5.41, 5.74) is 4.73. The Kier molecular flexibility index (Phi) is 4.57. The van der Waals surface area contributed by atoms with E-state index >= 15 is 0 Å². The maximum Gasteiger partial charge on any atom is 0.256 e. The summed E-state index contributed by atoms with van der Waals surface area (Å²) in [5.74, 6) is -1.60. The molecule has 1 aliphatic rings. The van der Waals surface area contributed by atoms with Gasteiger partial charge < -0.3 is 10.6 Å². The maximum absolute atomic E-state index is 13.8. The first kappa shape index (κ1) is 14.8. The molecule has 20 heavy (non-hydrogen) atoms. The normalized spacial score (nSPS) is 16.1. The van der Waals surface area contributed by atoms with Crippen LogP contribution in [0.1, 0.15) is 42.5 Å². The number of benzene rings is 1. The molecule has 1 amide bonds. The van der Waals surface area contributed by atoms with E-state index in [9.17, 15) is 13.6 Å². The third-order valence-corrected chi connectivity index (χ3v) is 3.90. The number of rotatable bonds is 3. The van der Waals surface area contributed by atoms with Gasteiger partial charge in [0.05, 0.1) is 11.3 Å². The molecule has 1 aliphatic carbocycles. The highest BCUT2D eigenvalue weighted by molar-refractivity contribution is 5.95. The molecular formula is C15H20F2N2O. The van der Waals surface area contributed by atoms with Crippen molar-refractivity contribution in [3.05, 3.63) is 29.3 Å². The maximum atomic E-state index is 13.8. The molecule has 1 aromatic carbocycles. The monoisotopic (exact) mass is 282 g/mol. The van der Waals surface area contributed by atoms with Crippen molar-refractivity contribution in [2.24, 2.45) is 5.92 Å². The molecule has 0 spiro atoms. The highest BCUT2D eigenvalue weighted by Crippen LogP contribution is 2.25. The molecular weight excluding hydrogens is 262 g/mol. The molecule has 0 radical (unpaired) electrons. The van der Waals surface area contributed by atoms with Gasteiger partial charge in [-0.25, -0.2) is 8.78 Å². The van der Waals surface area contributed by atoms with E-state index in [-0.39, 0.29) is 11.3 Å². The van der Waals surface area contributed by atoms with Crippen LogP contribution in [0.15, 0.2) is 12.1 Å². The van der Waals surface area contributed by atoms with E-state index in [2.05, 4.69) is 0 Å². The fraction of sp³-hybridized carbons (Fsp3) is 0.533. The molecule has 5 heteroatoms. The van der Waals surface area contributed by atoms with Crippen LogP contribution >= 0.6 is 0 Å². The van der Waals surface area contributed by atoms with Crippen molar-refractivity contribution in [1.29, 1.82) is 0 Å². The minimum Gasteiger partial charge on any atom is -0.396 e. The number of nitrogens with two attached hydrogens (primary N) is 1. The quantitative estimate of drug-likeness (QED) is 0.865. The van der Waals surface area contributed by atoms with Gasteiger partial charge in [0.1, 0.15) is 5.82 Å². The molecule has 2 rings (SSSR count). The minimum atomic E-state index is -0.841. The molecule has 2 N–H and O–H groups in total. The van der Waals surface area contributed by atoms with Crippen LogP contribution in [-0.4, -0.2) is 24.4 Å². The Bertz CT molecular complexity index is 499. The molecule has 0 heterocycles. The summed E-state index contributed by atoms with van der Waals surface area (Å²) in [6.45, 7) is 0.578. The number of halogens is 2. The molecule has 0 saturated heterocycles. The van der Waals surface area contributed by atoms with Gasteiger partial charge in [-0.2, -0.15) is 0 Å². The smallest absolute Gasteiger partial charge is 0.256 e. The molecule has 0 unspecified atom stereocenters. The summed E-state index contributed by atoms with van der Waals surface area (Å²) in [6.07, 6.45) is 5.77. The number of hydrogen-bond donors (Lipinski definition) is 1. The summed E-state index contributed by atoms with van der Waals surface area (Å²) in [7, 11) is 1.62. The number of hydrogen-bond acceptors (Lipinski definition) is 2. The first-order chi connectivity index (χ1) is 9.49. The summed E-state index contributed by atoms with van der Waals surface area (Å²) in [5, 5.41) is 0. The molecule has 0 aromatic heterocycles. The van der Waals surface area contributed by atoms with Crippen LogP contribution in [0.5, 0.6) is 0 Å². The summed E-state index contributed by atoms with van der Waals surface area (Å²) < 4.78 is 27.1. The second-order valence-electron chi connectivity index (χ2n) is 5.55. The van der Waals surface area contributed by atoms with Gasteiger partial charge in [0.2, 0.25) is 0 Å². The average molecular weight is 282 g/mol. The second kappa shape index (κ2) is 6.20. The van der Waals surface area contributed by atoms with Crippen molar-refractivity contribution >= 4 is 11.6 Å². The standard InChI is InChI=1S/C15H20F2N2O/c1-19(9-10-5-3-2-4-6-10)15(20)12-7-11(16)8-13(18)14(12)17/h7-8,10H,2-6,9,18H2,1H3. The van der Waals surface area contributed by atoms with Crippen molar-refractivity contribution in [3.8, 4) is 0 Å². The van der Waals surface area contributed by atoms with Gasteiger partial charge in [0, 0.05) is 13.6 Å². The van der Waals surface area contributed by atoms with Crippen molar-refractivity contribution in [1.82, 2.24) is 4.90 Å². The third-order valence-electron chi connectivity index (χ3n) is 3.90. The summed E-state index contributed by atoms with van der Waals surface area (Å²) >= 11 is 0. The lowest BCUT2D eigenvalue weighted by molar-refractivity contribution is 0.0755. The van der Waals surface area contributed by atoms with Gasteiger partial charge in [-0.3, -0.25) is 4.79 Å². The van der Waals surface area contributed by atoms with Crippen molar-refractivity contribution in [3.63, 3.8) is 0 Å². The van der Waals surface area contributed by atoms with Crippen molar-refractivity contribution < 1.29 is 13.6 Å². The largest absolute Gasteiger partial charge is 0.396 e. The molecule has 0 aliphatic heterocycles. The molecule has 0 bridgehead atoms. The minimum absolute atomic E-state index is 0.291. The molecule has 0 atom stereocenters. The Balaban J connectivity index is 2.10. The summed E-state index contributed by atoms with van der Waals surface area (Å²) in [4.78, 5) is 13.7. The van der Waals surface area contributed by atoms with Crippen molar-refractivity contribution in [2.75, 3.05) is 19.3 Å². The Hall–Kier alpha value is -1.65. The lowest BCUT2D eigenvalue weighted by atomic mass is 9.89. The number of amides is 1. The number of anilines is 1. The predicted octanol–water partition coefficient (Wildman–Crippen LogP) is 3.20. The zero-order chi connectivity index (χ0) is 14.7. The Morgan fingerprint density at radius 3 is 2.60 bits per heavy atom. The molecule has 1 aromatic rings. The van der Waals surface area contributed by atoms with Gasteiger partial charge >= 0.3 is 0 Å². The zero-order valence-electron chi connectivity index (χ0n) is 11.7. The fourth-order valence-corrected chi connectivity index (χ4v) is 2.81. The first-order valence-corrected chi connectivity index (χ1v) is 6.99. The zero-order valence-corrected chi connectivity index (χ0v) is 11.7. The van der Waals surface area contributed by atoms with Crippen LogP contribution in [0.2, 0.25) is 0 Å². The predicted molar refractivity (Wildman–Crippen MR) is 74.3 cm³/mol. The van der Waals surface area contributed by atoms with Crippen LogP contribution in [-0.2, 0) is 0 Å². The molecule has 3 nitrogen and oxygen atoms in total. The highest BCUT2D eigenvalue weighted by atomic mass is 19.1. The number of carbonyl (C=O) groups is 1. The lowest BCUT2D eigenvalue weighted by Gasteiger charge is -2.27. The van der Waals surface area contributed by atoms with Gasteiger partial charge in [0.25, 0.3) is 5.91 Å². The third kappa shape index (κ3) is 3.26. The number of nitrogen functional groups attached to an aromatic ring is 1. The van der Waals surface area contributed by atoms with Crippen LogP contribution in [0.3, 0.4) is 0 Å². The van der Waals surface area contributed by atoms with E-state index < -0.39 is 17.5 Å². The topological polar surface area (TPSA) is 46.3 Å². The molecule has 1 saturated carbocycles. The fourth-order valence-electron chi connectivity index (χ4n) is 2.81. The average Bonchev–Trinajstić information content (AvgIpc) is 2.43. The number of carbonyl (C=O) groups excluding carboxylic acids is 1. The highest BCUT2D eigenvalue weighted by Gasteiger charge is 2.22. The van der Waals surface area contributed by atoms with Gasteiger partial charge in [-0.1, -0.05) is 19.3 Å². The van der Waals surface area contributed by atoms with Crippen LogP contribution in [0.25, 0.3) is 0 Å².